The molecular formula is C26H46O13P2S. The van der Waals surface area contributed by atoms with Gasteiger partial charge in [-0.2, -0.15) is 8.42 Å². The molecule has 244 valence electrons. The molecule has 2 atom stereocenters. The third-order valence-electron chi connectivity index (χ3n) is 4.53. The van der Waals surface area contributed by atoms with Crippen molar-refractivity contribution in [3.8, 4) is 0 Å². The van der Waals surface area contributed by atoms with Crippen molar-refractivity contribution in [3.05, 3.63) is 35.9 Å². The van der Waals surface area contributed by atoms with Crippen LogP contribution in [0.3, 0.4) is 0 Å². The van der Waals surface area contributed by atoms with E-state index in [2.05, 4.69) is 0 Å². The molecule has 0 unspecified atom stereocenters. The van der Waals surface area contributed by atoms with Gasteiger partial charge in [0.15, 0.2) is 6.10 Å². The molecule has 0 spiro atoms. The van der Waals surface area contributed by atoms with Crippen LogP contribution in [0.2, 0.25) is 0 Å². The van der Waals surface area contributed by atoms with Crippen LogP contribution >= 0.6 is 15.2 Å². The Kier molecular flexibility index (Phi) is 16.6. The molecule has 1 rings (SSSR count). The fourth-order valence-electron chi connectivity index (χ4n) is 3.44. The van der Waals surface area contributed by atoms with Gasteiger partial charge >= 0.3 is 21.2 Å². The first-order valence-corrected chi connectivity index (χ1v) is 18.8. The van der Waals surface area contributed by atoms with Gasteiger partial charge in [0, 0.05) is 0 Å². The van der Waals surface area contributed by atoms with Crippen molar-refractivity contribution in [3.63, 3.8) is 0 Å². The SMILES string of the molecule is CC(C)OP(=O)(COC[C@H](OC(=O)c1ccccc1)[C@H](COCP(=O)(OC(C)C)OC(C)C)OS(C)(=O)=O)OC(C)C. The van der Waals surface area contributed by atoms with E-state index < -0.39 is 93.8 Å². The molecular weight excluding hydrogens is 614 g/mol. The third-order valence-corrected chi connectivity index (χ3v) is 9.10. The first-order valence-electron chi connectivity index (χ1n) is 13.5. The number of ether oxygens (including phenoxy) is 3. The summed E-state index contributed by atoms with van der Waals surface area (Å²) in [5.74, 6) is -0.803. The van der Waals surface area contributed by atoms with Gasteiger partial charge in [-0.1, -0.05) is 18.2 Å². The lowest BCUT2D eigenvalue weighted by Gasteiger charge is -2.28. The predicted octanol–water partition coefficient (Wildman–Crippen LogP) is 5.59. The zero-order chi connectivity index (χ0) is 32.1. The fourth-order valence-corrected chi connectivity index (χ4v) is 7.64. The molecule has 1 aromatic rings. The second-order valence-corrected chi connectivity index (χ2v) is 15.9. The van der Waals surface area contributed by atoms with E-state index in [9.17, 15) is 22.3 Å². The lowest BCUT2D eigenvalue weighted by molar-refractivity contribution is -0.0648. The second-order valence-electron chi connectivity index (χ2n) is 10.5. The van der Waals surface area contributed by atoms with Crippen molar-refractivity contribution < 1.29 is 58.8 Å². The van der Waals surface area contributed by atoms with Crippen LogP contribution in [0.1, 0.15) is 65.7 Å². The van der Waals surface area contributed by atoms with E-state index in [1.54, 1.807) is 73.6 Å². The highest BCUT2D eigenvalue weighted by molar-refractivity contribution is 7.86. The first kappa shape index (κ1) is 38.8. The molecule has 0 saturated heterocycles. The molecule has 42 heavy (non-hydrogen) atoms. The van der Waals surface area contributed by atoms with Crippen LogP contribution in [0.25, 0.3) is 0 Å². The Morgan fingerprint density at radius 2 is 1.07 bits per heavy atom. The maximum atomic E-state index is 13.2. The maximum absolute atomic E-state index is 13.2. The first-order chi connectivity index (χ1) is 19.3. The Bertz CT molecular complexity index is 1110. The number of hydrogen-bond donors (Lipinski definition) is 0. The molecule has 1 aromatic carbocycles. The predicted molar refractivity (Wildman–Crippen MR) is 157 cm³/mol. The molecule has 16 heteroatoms. The number of carbonyl (C=O) groups excluding carboxylic acids is 1. The molecule has 0 aromatic heterocycles. The van der Waals surface area contributed by atoms with Crippen LogP contribution in [0.15, 0.2) is 30.3 Å². The minimum Gasteiger partial charge on any atom is -0.453 e. The van der Waals surface area contributed by atoms with Crippen LogP contribution in [-0.4, -0.2) is 83.2 Å². The van der Waals surface area contributed by atoms with Gasteiger partial charge in [0.2, 0.25) is 0 Å². The Morgan fingerprint density at radius 1 is 0.690 bits per heavy atom. The van der Waals surface area contributed by atoms with Crippen molar-refractivity contribution >= 4 is 31.3 Å². The molecule has 13 nitrogen and oxygen atoms in total. The van der Waals surface area contributed by atoms with E-state index in [1.807, 2.05) is 0 Å². The Labute approximate surface area is 250 Å². The van der Waals surface area contributed by atoms with Gasteiger partial charge < -0.3 is 32.3 Å². The molecule has 0 heterocycles. The van der Waals surface area contributed by atoms with Crippen molar-refractivity contribution in [2.45, 2.75) is 92.0 Å². The largest absolute Gasteiger partial charge is 0.453 e. The highest BCUT2D eigenvalue weighted by atomic mass is 32.2. The molecule has 0 bridgehead atoms. The fraction of sp³-hybridized carbons (Fsp3) is 0.731. The van der Waals surface area contributed by atoms with Crippen molar-refractivity contribution in [2.75, 3.05) is 32.2 Å². The minimum atomic E-state index is -4.12. The summed E-state index contributed by atoms with van der Waals surface area (Å²) in [7, 11) is -11.6. The molecule has 0 saturated carbocycles. The smallest absolute Gasteiger partial charge is 0.356 e. The lowest BCUT2D eigenvalue weighted by Crippen LogP contribution is -2.42. The van der Waals surface area contributed by atoms with Crippen LogP contribution in [-0.2, 0) is 55.7 Å². The zero-order valence-corrected chi connectivity index (χ0v) is 28.4. The molecule has 0 fully saturated rings. The summed E-state index contributed by atoms with van der Waals surface area (Å²) in [6, 6.07) is 7.97. The summed E-state index contributed by atoms with van der Waals surface area (Å²) in [4.78, 5) is 12.9. The molecule has 0 aliphatic carbocycles. The summed E-state index contributed by atoms with van der Waals surface area (Å²) in [5, 5.41) is 0. The van der Waals surface area contributed by atoms with Crippen LogP contribution in [0.5, 0.6) is 0 Å². The van der Waals surface area contributed by atoms with Crippen LogP contribution in [0.4, 0.5) is 0 Å². The second kappa shape index (κ2) is 17.9. The Hall–Kier alpha value is -1.18. The minimum absolute atomic E-state index is 0.179. The number of benzene rings is 1. The molecule has 0 radical (unpaired) electrons. The van der Waals surface area contributed by atoms with Gasteiger partial charge in [-0.15, -0.1) is 0 Å². The number of carbonyl (C=O) groups is 1. The maximum Gasteiger partial charge on any atom is 0.356 e. The van der Waals surface area contributed by atoms with Crippen molar-refractivity contribution in [2.24, 2.45) is 0 Å². The highest BCUT2D eigenvalue weighted by Gasteiger charge is 2.35. The van der Waals surface area contributed by atoms with Gasteiger partial charge in [-0.25, -0.2) is 4.79 Å². The topological polar surface area (TPSA) is 159 Å². The van der Waals surface area contributed by atoms with Gasteiger partial charge in [0.05, 0.1) is 49.4 Å². The molecule has 0 N–H and O–H groups in total. The van der Waals surface area contributed by atoms with E-state index in [-0.39, 0.29) is 5.56 Å². The van der Waals surface area contributed by atoms with Crippen molar-refractivity contribution in [1.82, 2.24) is 0 Å². The average Bonchev–Trinajstić information content (AvgIpc) is 2.80. The van der Waals surface area contributed by atoms with Crippen LogP contribution in [0, 0.1) is 0 Å². The standard InChI is InChI=1S/C26H46O13P2S/c1-19(2)35-40(28,36-20(3)4)17-32-15-24(34-26(27)23-13-11-10-12-14-23)25(39-42(9,30)31)16-33-18-41(29,37-21(5)6)38-22(7)8/h10-14,19-22,24-25H,15-18H2,1-9H3/t24-,25-/m0/s1. The van der Waals surface area contributed by atoms with E-state index >= 15 is 0 Å². The zero-order valence-electron chi connectivity index (χ0n) is 25.8. The summed E-state index contributed by atoms with van der Waals surface area (Å²) >= 11 is 0. The summed E-state index contributed by atoms with van der Waals surface area (Å²) in [6.07, 6.45) is -4.90. The third kappa shape index (κ3) is 16.6. The Balaban J connectivity index is 3.25. The van der Waals surface area contributed by atoms with E-state index in [1.165, 1.54) is 12.1 Å². The van der Waals surface area contributed by atoms with E-state index in [4.69, 9.17) is 36.5 Å². The number of rotatable bonds is 21. The van der Waals surface area contributed by atoms with Gasteiger partial charge in [-0.3, -0.25) is 13.3 Å². The lowest BCUT2D eigenvalue weighted by atomic mass is 10.2. The Morgan fingerprint density at radius 3 is 1.43 bits per heavy atom. The highest BCUT2D eigenvalue weighted by Crippen LogP contribution is 2.51. The molecule has 0 aliphatic heterocycles. The number of hydrogen-bond acceptors (Lipinski definition) is 13. The van der Waals surface area contributed by atoms with Gasteiger partial charge in [0.1, 0.15) is 18.8 Å². The van der Waals surface area contributed by atoms with E-state index in [0.717, 1.165) is 6.26 Å². The van der Waals surface area contributed by atoms with Crippen molar-refractivity contribution in [1.29, 1.82) is 0 Å². The normalized spacial score (nSPS) is 14.6. The summed E-state index contributed by atoms with van der Waals surface area (Å²) in [5.41, 5.74) is 0.179. The summed E-state index contributed by atoms with van der Waals surface area (Å²) in [6.45, 7) is 12.4. The van der Waals surface area contributed by atoms with E-state index in [0.29, 0.717) is 0 Å². The van der Waals surface area contributed by atoms with Crippen LogP contribution < -0.4 is 0 Å². The number of esters is 1. The monoisotopic (exact) mass is 660 g/mol. The molecule has 0 amide bonds. The van der Waals surface area contributed by atoms with Gasteiger partial charge in [0.25, 0.3) is 10.1 Å². The average molecular weight is 661 g/mol. The van der Waals surface area contributed by atoms with Gasteiger partial charge in [-0.05, 0) is 67.5 Å². The quantitative estimate of drug-likeness (QED) is 0.0913. The molecule has 0 aliphatic rings. The summed E-state index contributed by atoms with van der Waals surface area (Å²) < 4.78 is 94.7.